The van der Waals surface area contributed by atoms with Crippen LogP contribution in [0.3, 0.4) is 0 Å². The smallest absolute Gasteiger partial charge is 0.416 e. The Morgan fingerprint density at radius 1 is 1.21 bits per heavy atom. The van der Waals surface area contributed by atoms with Crippen molar-refractivity contribution in [3.8, 4) is 6.07 Å². The number of aromatic nitrogens is 3. The number of carbonyl (C=O) groups is 1. The Hall–Kier alpha value is -4.37. The Balaban J connectivity index is 1.68. The molecule has 5 rings (SSSR count). The third kappa shape index (κ3) is 5.56. The molecule has 2 aliphatic rings. The predicted molar refractivity (Wildman–Crippen MR) is 149 cm³/mol. The van der Waals surface area contributed by atoms with Crippen LogP contribution < -0.4 is 10.6 Å². The van der Waals surface area contributed by atoms with Crippen molar-refractivity contribution in [3.63, 3.8) is 0 Å². The van der Waals surface area contributed by atoms with Crippen LogP contribution >= 0.6 is 0 Å². The molecule has 12 heteroatoms. The summed E-state index contributed by atoms with van der Waals surface area (Å²) in [4.78, 5) is 28.0. The number of carbonyl (C=O) groups excluding carboxylic acids is 1. The van der Waals surface area contributed by atoms with Gasteiger partial charge < -0.3 is 9.22 Å². The van der Waals surface area contributed by atoms with Gasteiger partial charge in [-0.3, -0.25) is 4.90 Å². The Bertz CT molecular complexity index is 1660. The molecule has 1 atom stereocenters. The predicted octanol–water partition coefficient (Wildman–Crippen LogP) is 4.68. The van der Waals surface area contributed by atoms with Crippen LogP contribution in [0.25, 0.3) is 0 Å². The average molecular weight is 582 g/mol. The monoisotopic (exact) mass is 581 g/mol. The number of benzene rings is 2. The molecule has 1 aliphatic heterocycles. The molecule has 0 radical (unpaired) electrons. The number of likely N-dealkylation sites (N-methyl/N-ethyl adjacent to an activating group) is 1. The van der Waals surface area contributed by atoms with E-state index >= 15 is 0 Å². The number of aromatic amines is 1. The molecule has 0 amide bonds. The van der Waals surface area contributed by atoms with Gasteiger partial charge in [-0.15, -0.1) is 5.10 Å². The van der Waals surface area contributed by atoms with Crippen molar-refractivity contribution in [3.05, 3.63) is 86.5 Å². The first kappa shape index (κ1) is 29.1. The SMILES string of the molecule is COC(=O)C1=C(C)N(c2cccc(C(F)(F)F)c2)c2n[nH]c(=O)n2C1c1ccc(C#N)cc1CC[N+](C)(C)CC1CC1. The van der Waals surface area contributed by atoms with Crippen molar-refractivity contribution < 1.29 is 27.2 Å². The van der Waals surface area contributed by atoms with Crippen LogP contribution in [-0.2, 0) is 22.1 Å². The van der Waals surface area contributed by atoms with Crippen LogP contribution in [0.5, 0.6) is 0 Å². The summed E-state index contributed by atoms with van der Waals surface area (Å²) in [5, 5.41) is 16.2. The van der Waals surface area contributed by atoms with E-state index in [1.807, 2.05) is 0 Å². The fourth-order valence-corrected chi connectivity index (χ4v) is 5.75. The molecule has 1 unspecified atom stereocenters. The highest BCUT2D eigenvalue weighted by Gasteiger charge is 2.41. The third-order valence-corrected chi connectivity index (χ3v) is 7.98. The number of ether oxygens (including phenoxy) is 1. The zero-order chi connectivity index (χ0) is 30.4. The topological polar surface area (TPSA) is 104 Å². The molecule has 220 valence electrons. The largest absolute Gasteiger partial charge is 0.466 e. The van der Waals surface area contributed by atoms with Gasteiger partial charge in [0.15, 0.2) is 0 Å². The molecule has 1 saturated carbocycles. The van der Waals surface area contributed by atoms with Gasteiger partial charge in [0.25, 0.3) is 0 Å². The molecule has 1 aromatic heterocycles. The van der Waals surface area contributed by atoms with Gasteiger partial charge in [-0.1, -0.05) is 12.1 Å². The van der Waals surface area contributed by atoms with E-state index in [1.54, 1.807) is 25.1 Å². The number of allylic oxidation sites excluding steroid dienone is 1. The Morgan fingerprint density at radius 2 is 1.95 bits per heavy atom. The maximum atomic E-state index is 13.6. The first-order valence-electron chi connectivity index (χ1n) is 13.6. The molecule has 3 aromatic rings. The second-order valence-corrected chi connectivity index (χ2v) is 11.5. The van der Waals surface area contributed by atoms with Gasteiger partial charge in [-0.05, 0) is 61.2 Å². The second-order valence-electron chi connectivity index (χ2n) is 11.5. The summed E-state index contributed by atoms with van der Waals surface area (Å²) in [5.41, 5.74) is 0.683. The number of methoxy groups -OCH3 is 1. The maximum Gasteiger partial charge on any atom is 0.416 e. The summed E-state index contributed by atoms with van der Waals surface area (Å²) in [6.07, 6.45) is -1.60. The van der Waals surface area contributed by atoms with Crippen molar-refractivity contribution >= 4 is 17.6 Å². The quantitative estimate of drug-likeness (QED) is 0.306. The van der Waals surface area contributed by atoms with Crippen molar-refractivity contribution in [1.82, 2.24) is 14.8 Å². The van der Waals surface area contributed by atoms with E-state index in [0.717, 1.165) is 35.3 Å². The fraction of sp³-hybridized carbons (Fsp3) is 0.400. The van der Waals surface area contributed by atoms with Crippen LogP contribution in [0.2, 0.25) is 0 Å². The number of H-pyrrole nitrogens is 1. The Kier molecular flexibility index (Phi) is 7.49. The number of nitrogens with one attached hydrogen (secondary N) is 1. The number of nitriles is 1. The van der Waals surface area contributed by atoms with Gasteiger partial charge >= 0.3 is 17.8 Å². The van der Waals surface area contributed by atoms with Crippen molar-refractivity contribution in [2.24, 2.45) is 5.92 Å². The highest BCUT2D eigenvalue weighted by Crippen LogP contribution is 2.43. The van der Waals surface area contributed by atoms with Crippen LogP contribution in [0, 0.1) is 17.2 Å². The van der Waals surface area contributed by atoms with Crippen molar-refractivity contribution in [2.45, 2.75) is 38.4 Å². The average Bonchev–Trinajstić information content (AvgIpc) is 3.68. The van der Waals surface area contributed by atoms with Crippen molar-refractivity contribution in [2.75, 3.05) is 39.2 Å². The molecule has 42 heavy (non-hydrogen) atoms. The molecule has 1 fully saturated rings. The van der Waals surface area contributed by atoms with Gasteiger partial charge in [0.05, 0.1) is 57.1 Å². The van der Waals surface area contributed by atoms with Crippen molar-refractivity contribution in [1.29, 1.82) is 5.26 Å². The summed E-state index contributed by atoms with van der Waals surface area (Å²) in [5.74, 6) is -0.0170. The van der Waals surface area contributed by atoms with E-state index in [1.165, 1.54) is 41.6 Å². The number of hydrogen-bond acceptors (Lipinski definition) is 6. The zero-order valence-electron chi connectivity index (χ0n) is 23.8. The number of alkyl halides is 3. The summed E-state index contributed by atoms with van der Waals surface area (Å²) >= 11 is 0. The number of quaternary nitrogens is 1. The van der Waals surface area contributed by atoms with Crippen LogP contribution in [-0.4, -0.2) is 59.5 Å². The summed E-state index contributed by atoms with van der Waals surface area (Å²) < 4.78 is 48.0. The number of esters is 1. The molecule has 0 saturated heterocycles. The standard InChI is InChI=1S/C30H31F3N6O3/c1-18-25(27(40)42-4)26(24-11-10-20(16-34)14-21(24)12-13-39(2,3)17-19-8-9-19)38-28(35-36-29(38)41)37(18)23-7-5-6-22(15-23)30(31,32)33/h5-7,10-11,14-15,19,26H,8-9,12-13,17H2,1-4H3/p+1. The van der Waals surface area contributed by atoms with E-state index in [-0.39, 0.29) is 22.9 Å². The van der Waals surface area contributed by atoms with E-state index in [9.17, 15) is 28.0 Å². The number of nitrogens with zero attached hydrogens (tertiary/aromatic N) is 5. The number of rotatable bonds is 8. The molecule has 0 bridgehead atoms. The van der Waals surface area contributed by atoms with Gasteiger partial charge in [0, 0.05) is 23.7 Å². The Labute approximate surface area is 241 Å². The molecule has 1 N–H and O–H groups in total. The Morgan fingerprint density at radius 3 is 2.60 bits per heavy atom. The summed E-state index contributed by atoms with van der Waals surface area (Å²) in [7, 11) is 5.52. The van der Waals surface area contributed by atoms with E-state index < -0.39 is 29.4 Å². The normalized spacial score (nSPS) is 17.2. The maximum absolute atomic E-state index is 13.6. The first-order chi connectivity index (χ1) is 19.8. The van der Waals surface area contributed by atoms with E-state index in [4.69, 9.17) is 4.74 Å². The zero-order valence-corrected chi connectivity index (χ0v) is 23.8. The first-order valence-corrected chi connectivity index (χ1v) is 13.6. The number of fused-ring (bicyclic) bond motifs is 1. The fourth-order valence-electron chi connectivity index (χ4n) is 5.75. The van der Waals surface area contributed by atoms with E-state index in [2.05, 4.69) is 30.4 Å². The number of hydrogen-bond donors (Lipinski definition) is 1. The van der Waals surface area contributed by atoms with Gasteiger partial charge in [0.2, 0.25) is 5.95 Å². The van der Waals surface area contributed by atoms with Crippen LogP contribution in [0.15, 0.2) is 58.5 Å². The summed E-state index contributed by atoms with van der Waals surface area (Å²) in [6, 6.07) is 10.9. The minimum absolute atomic E-state index is 0.0228. The lowest BCUT2D eigenvalue weighted by Crippen LogP contribution is -2.43. The number of anilines is 2. The van der Waals surface area contributed by atoms with Crippen LogP contribution in [0.1, 0.15) is 48.1 Å². The lowest BCUT2D eigenvalue weighted by molar-refractivity contribution is -0.891. The molecule has 0 spiro atoms. The molecular weight excluding hydrogens is 549 g/mol. The summed E-state index contributed by atoms with van der Waals surface area (Å²) in [6.45, 7) is 3.37. The molecule has 2 aromatic carbocycles. The highest BCUT2D eigenvalue weighted by molar-refractivity contribution is 5.93. The van der Waals surface area contributed by atoms with Gasteiger partial charge in [0.1, 0.15) is 6.04 Å². The third-order valence-electron chi connectivity index (χ3n) is 7.98. The lowest BCUT2D eigenvalue weighted by atomic mass is 9.89. The minimum atomic E-state index is -4.61. The number of halogens is 3. The highest BCUT2D eigenvalue weighted by atomic mass is 19.4. The van der Waals surface area contributed by atoms with Crippen LogP contribution in [0.4, 0.5) is 24.8 Å². The molecule has 2 heterocycles. The van der Waals surface area contributed by atoms with Gasteiger partial charge in [-0.2, -0.15) is 18.4 Å². The van der Waals surface area contributed by atoms with Gasteiger partial charge in [-0.25, -0.2) is 19.3 Å². The molecule has 9 nitrogen and oxygen atoms in total. The minimum Gasteiger partial charge on any atom is -0.466 e. The molecular formula is C30H32F3N6O3+. The molecule has 1 aliphatic carbocycles. The second kappa shape index (κ2) is 10.8. The van der Waals surface area contributed by atoms with E-state index in [0.29, 0.717) is 23.5 Å². The lowest BCUT2D eigenvalue weighted by Gasteiger charge is -2.36.